The molecular formula is C26H33N3O4S. The first kappa shape index (κ1) is 24.4. The number of benzene rings is 2. The van der Waals surface area contributed by atoms with Crippen molar-refractivity contribution in [1.82, 2.24) is 9.62 Å². The van der Waals surface area contributed by atoms with Gasteiger partial charge >= 0.3 is 0 Å². The lowest BCUT2D eigenvalue weighted by Gasteiger charge is -2.24. The minimum atomic E-state index is -3.60. The number of hydrogen-bond acceptors (Lipinski definition) is 4. The average molecular weight is 484 g/mol. The molecule has 182 valence electrons. The molecule has 0 saturated carbocycles. The standard InChI is InChI=1S/C26H33N3O4S/c1-19-9-5-6-10-21(19)13-14-27-26(31)25-18-22-17-23(11-12-24(22)29(25)20(2)30)34(32,33)28-15-7-3-4-8-16-28/h5-6,9-12,17,25H,3-4,7-8,13-16,18H2,1-2H3,(H,27,31). The fourth-order valence-electron chi connectivity index (χ4n) is 4.95. The quantitative estimate of drug-likeness (QED) is 0.684. The number of hydrogen-bond donors (Lipinski definition) is 1. The molecule has 1 saturated heterocycles. The number of anilines is 1. The lowest BCUT2D eigenvalue weighted by atomic mass is 10.1. The predicted molar refractivity (Wildman–Crippen MR) is 132 cm³/mol. The molecule has 1 atom stereocenters. The molecule has 0 spiro atoms. The van der Waals surface area contributed by atoms with E-state index in [-0.39, 0.29) is 16.7 Å². The monoisotopic (exact) mass is 483 g/mol. The maximum Gasteiger partial charge on any atom is 0.243 e. The van der Waals surface area contributed by atoms with Crippen LogP contribution in [0, 0.1) is 6.92 Å². The van der Waals surface area contributed by atoms with Crippen molar-refractivity contribution in [2.45, 2.75) is 63.3 Å². The molecule has 8 heteroatoms. The van der Waals surface area contributed by atoms with Crippen LogP contribution in [0.3, 0.4) is 0 Å². The zero-order chi connectivity index (χ0) is 24.3. The number of sulfonamides is 1. The summed E-state index contributed by atoms with van der Waals surface area (Å²) in [4.78, 5) is 27.2. The summed E-state index contributed by atoms with van der Waals surface area (Å²) < 4.78 is 28.0. The Bertz CT molecular complexity index is 1170. The minimum absolute atomic E-state index is 0.225. The van der Waals surface area contributed by atoms with Gasteiger partial charge in [0.05, 0.1) is 4.90 Å². The van der Waals surface area contributed by atoms with E-state index in [0.717, 1.165) is 25.7 Å². The van der Waals surface area contributed by atoms with Crippen LogP contribution in [-0.4, -0.2) is 50.2 Å². The highest BCUT2D eigenvalue weighted by Crippen LogP contribution is 2.35. The maximum atomic E-state index is 13.2. The Morgan fingerprint density at radius 3 is 2.41 bits per heavy atom. The first-order valence-corrected chi connectivity index (χ1v) is 13.5. The van der Waals surface area contributed by atoms with Crippen LogP contribution in [0.4, 0.5) is 5.69 Å². The second kappa shape index (κ2) is 10.3. The molecule has 2 aromatic carbocycles. The van der Waals surface area contributed by atoms with Gasteiger partial charge in [-0.3, -0.25) is 14.5 Å². The second-order valence-electron chi connectivity index (χ2n) is 9.19. The van der Waals surface area contributed by atoms with Crippen molar-refractivity contribution in [3.8, 4) is 0 Å². The van der Waals surface area contributed by atoms with E-state index in [9.17, 15) is 18.0 Å². The van der Waals surface area contributed by atoms with Gasteiger partial charge in [0.1, 0.15) is 6.04 Å². The van der Waals surface area contributed by atoms with Gasteiger partial charge in [0.2, 0.25) is 21.8 Å². The van der Waals surface area contributed by atoms with E-state index in [0.29, 0.717) is 43.7 Å². The molecule has 4 rings (SSSR count). The Hall–Kier alpha value is -2.71. The summed E-state index contributed by atoms with van der Waals surface area (Å²) in [5, 5.41) is 2.96. The van der Waals surface area contributed by atoms with Gasteiger partial charge in [-0.1, -0.05) is 37.1 Å². The van der Waals surface area contributed by atoms with E-state index in [1.54, 1.807) is 22.5 Å². The summed E-state index contributed by atoms with van der Waals surface area (Å²) in [7, 11) is -3.60. The lowest BCUT2D eigenvalue weighted by Crippen LogP contribution is -2.47. The fourth-order valence-corrected chi connectivity index (χ4v) is 6.52. The molecule has 1 N–H and O–H groups in total. The van der Waals surface area contributed by atoms with Crippen molar-refractivity contribution < 1.29 is 18.0 Å². The normalized spacial score (nSPS) is 18.9. The highest BCUT2D eigenvalue weighted by atomic mass is 32.2. The molecule has 2 amide bonds. The number of amides is 2. The van der Waals surface area contributed by atoms with Gasteiger partial charge in [-0.25, -0.2) is 8.42 Å². The summed E-state index contributed by atoms with van der Waals surface area (Å²) in [6, 6.07) is 12.2. The fraction of sp³-hybridized carbons (Fsp3) is 0.462. The molecule has 2 heterocycles. The summed E-state index contributed by atoms with van der Waals surface area (Å²) in [5.74, 6) is -0.460. The van der Waals surface area contributed by atoms with Crippen molar-refractivity contribution in [2.24, 2.45) is 0 Å². The van der Waals surface area contributed by atoms with E-state index in [1.165, 1.54) is 23.0 Å². The van der Waals surface area contributed by atoms with Crippen molar-refractivity contribution >= 4 is 27.5 Å². The summed E-state index contributed by atoms with van der Waals surface area (Å²) in [6.07, 6.45) is 4.83. The van der Waals surface area contributed by atoms with Crippen molar-refractivity contribution in [1.29, 1.82) is 0 Å². The van der Waals surface area contributed by atoms with Crippen LogP contribution in [0.1, 0.15) is 49.3 Å². The largest absolute Gasteiger partial charge is 0.354 e. The third-order valence-electron chi connectivity index (χ3n) is 6.83. The zero-order valence-electron chi connectivity index (χ0n) is 19.9. The van der Waals surface area contributed by atoms with E-state index in [4.69, 9.17) is 0 Å². The SMILES string of the molecule is CC(=O)N1c2ccc(S(=O)(=O)N3CCCCCC3)cc2CC1C(=O)NCCc1ccccc1C. The highest BCUT2D eigenvalue weighted by molar-refractivity contribution is 7.89. The third-order valence-corrected chi connectivity index (χ3v) is 8.73. The molecule has 1 unspecified atom stereocenters. The molecular weight excluding hydrogens is 450 g/mol. The number of nitrogens with zero attached hydrogens (tertiary/aromatic N) is 2. The Morgan fingerprint density at radius 2 is 1.74 bits per heavy atom. The lowest BCUT2D eigenvalue weighted by molar-refractivity contribution is -0.125. The van der Waals surface area contributed by atoms with Gasteiger partial charge in [-0.05, 0) is 61.1 Å². The van der Waals surface area contributed by atoms with Crippen LogP contribution in [0.2, 0.25) is 0 Å². The molecule has 0 bridgehead atoms. The molecule has 2 aliphatic heterocycles. The van der Waals surface area contributed by atoms with Crippen LogP contribution < -0.4 is 10.2 Å². The van der Waals surface area contributed by atoms with E-state index < -0.39 is 16.1 Å². The molecule has 0 aliphatic carbocycles. The second-order valence-corrected chi connectivity index (χ2v) is 11.1. The number of fused-ring (bicyclic) bond motifs is 1. The van der Waals surface area contributed by atoms with E-state index in [2.05, 4.69) is 5.32 Å². The van der Waals surface area contributed by atoms with Crippen molar-refractivity contribution in [3.05, 3.63) is 59.2 Å². The van der Waals surface area contributed by atoms with Crippen LogP contribution in [0.25, 0.3) is 0 Å². The summed E-state index contributed by atoms with van der Waals surface area (Å²) in [5.41, 5.74) is 3.67. The summed E-state index contributed by atoms with van der Waals surface area (Å²) in [6.45, 7) is 5.01. The maximum absolute atomic E-state index is 13.2. The number of nitrogens with one attached hydrogen (secondary N) is 1. The van der Waals surface area contributed by atoms with Crippen LogP contribution in [0.5, 0.6) is 0 Å². The highest BCUT2D eigenvalue weighted by Gasteiger charge is 2.38. The van der Waals surface area contributed by atoms with E-state index >= 15 is 0 Å². The number of carbonyl (C=O) groups excluding carboxylic acids is 2. The molecule has 0 aromatic heterocycles. The van der Waals surface area contributed by atoms with Gasteiger partial charge in [-0.2, -0.15) is 4.31 Å². The number of rotatable bonds is 6. The van der Waals surface area contributed by atoms with E-state index in [1.807, 2.05) is 31.2 Å². The first-order chi connectivity index (χ1) is 16.3. The molecule has 7 nitrogen and oxygen atoms in total. The number of carbonyl (C=O) groups is 2. The third kappa shape index (κ3) is 5.03. The molecule has 34 heavy (non-hydrogen) atoms. The molecule has 1 fully saturated rings. The molecule has 0 radical (unpaired) electrons. The van der Waals surface area contributed by atoms with Gasteiger partial charge in [-0.15, -0.1) is 0 Å². The van der Waals surface area contributed by atoms with Gasteiger partial charge in [0.25, 0.3) is 0 Å². The average Bonchev–Trinajstić information content (AvgIpc) is 2.98. The van der Waals surface area contributed by atoms with Gasteiger partial charge in [0.15, 0.2) is 0 Å². The van der Waals surface area contributed by atoms with Crippen molar-refractivity contribution in [3.63, 3.8) is 0 Å². The van der Waals surface area contributed by atoms with Gasteiger partial charge < -0.3 is 5.32 Å². The first-order valence-electron chi connectivity index (χ1n) is 12.0. The Balaban J connectivity index is 1.50. The minimum Gasteiger partial charge on any atom is -0.354 e. The molecule has 2 aromatic rings. The smallest absolute Gasteiger partial charge is 0.243 e. The van der Waals surface area contributed by atoms with Crippen LogP contribution >= 0.6 is 0 Å². The Kier molecular flexibility index (Phi) is 7.38. The Labute approximate surface area is 202 Å². The molecule has 2 aliphatic rings. The topological polar surface area (TPSA) is 86.8 Å². The number of aryl methyl sites for hydroxylation is 1. The Morgan fingerprint density at radius 1 is 1.03 bits per heavy atom. The van der Waals surface area contributed by atoms with Crippen molar-refractivity contribution in [2.75, 3.05) is 24.5 Å². The van der Waals surface area contributed by atoms with Gasteiger partial charge in [0, 0.05) is 38.7 Å². The predicted octanol–water partition coefficient (Wildman–Crippen LogP) is 3.20. The van der Waals surface area contributed by atoms with Crippen LogP contribution in [-0.2, 0) is 32.5 Å². The zero-order valence-corrected chi connectivity index (χ0v) is 20.7. The van der Waals surface area contributed by atoms with Crippen LogP contribution in [0.15, 0.2) is 47.4 Å². The summed E-state index contributed by atoms with van der Waals surface area (Å²) >= 11 is 0.